The van der Waals surface area contributed by atoms with E-state index in [1.807, 2.05) is 13.0 Å². The monoisotopic (exact) mass is 366 g/mol. The normalized spacial score (nSPS) is 11.1. The first-order valence-corrected chi connectivity index (χ1v) is 9.47. The van der Waals surface area contributed by atoms with Crippen LogP contribution in [-0.2, 0) is 14.6 Å². The standard InChI is InChI=1S/C17H19ClN2O3S/c1-3-24(22,23)14-7-5-13(6-8-14)19-11-17(21)20-16-9-4-12(2)10-15(16)18/h4-10,19H,3,11H2,1-2H3,(H,20,21). The van der Waals surface area contributed by atoms with Gasteiger partial charge in [0.25, 0.3) is 0 Å². The van der Waals surface area contributed by atoms with Gasteiger partial charge in [0.05, 0.1) is 27.9 Å². The van der Waals surface area contributed by atoms with Crippen LogP contribution in [0.3, 0.4) is 0 Å². The number of anilines is 2. The fourth-order valence-electron chi connectivity index (χ4n) is 2.05. The van der Waals surface area contributed by atoms with E-state index < -0.39 is 9.84 Å². The second kappa shape index (κ2) is 7.68. The summed E-state index contributed by atoms with van der Waals surface area (Å²) in [4.78, 5) is 12.2. The number of amides is 1. The van der Waals surface area contributed by atoms with Crippen LogP contribution < -0.4 is 10.6 Å². The molecule has 0 heterocycles. The van der Waals surface area contributed by atoms with Gasteiger partial charge in [-0.3, -0.25) is 4.79 Å². The first-order chi connectivity index (χ1) is 11.3. The molecule has 0 saturated carbocycles. The number of carbonyl (C=O) groups is 1. The highest BCUT2D eigenvalue weighted by Crippen LogP contribution is 2.22. The molecule has 0 atom stereocenters. The van der Waals surface area contributed by atoms with Crippen LogP contribution in [0.15, 0.2) is 47.4 Å². The van der Waals surface area contributed by atoms with Gasteiger partial charge in [0.2, 0.25) is 5.91 Å². The Kier molecular flexibility index (Phi) is 5.85. The summed E-state index contributed by atoms with van der Waals surface area (Å²) in [7, 11) is -3.22. The second-order valence-electron chi connectivity index (χ2n) is 5.31. The van der Waals surface area contributed by atoms with E-state index in [0.29, 0.717) is 16.4 Å². The SMILES string of the molecule is CCS(=O)(=O)c1ccc(NCC(=O)Nc2ccc(C)cc2Cl)cc1. The predicted molar refractivity (Wildman–Crippen MR) is 97.5 cm³/mol. The molecule has 0 aliphatic heterocycles. The average molecular weight is 367 g/mol. The molecule has 2 N–H and O–H groups in total. The zero-order valence-corrected chi connectivity index (χ0v) is 15.0. The number of aryl methyl sites for hydroxylation is 1. The van der Waals surface area contributed by atoms with Crippen molar-refractivity contribution < 1.29 is 13.2 Å². The number of hydrogen-bond donors (Lipinski definition) is 2. The van der Waals surface area contributed by atoms with Gasteiger partial charge in [0, 0.05) is 5.69 Å². The van der Waals surface area contributed by atoms with Gasteiger partial charge in [-0.05, 0) is 48.9 Å². The summed E-state index contributed by atoms with van der Waals surface area (Å²) < 4.78 is 23.5. The number of rotatable bonds is 6. The third-order valence-electron chi connectivity index (χ3n) is 3.45. The maximum absolute atomic E-state index is 12.0. The van der Waals surface area contributed by atoms with E-state index in [9.17, 15) is 13.2 Å². The molecule has 0 saturated heterocycles. The van der Waals surface area contributed by atoms with Crippen molar-refractivity contribution in [1.29, 1.82) is 0 Å². The van der Waals surface area contributed by atoms with Crippen molar-refractivity contribution in [3.8, 4) is 0 Å². The van der Waals surface area contributed by atoms with Gasteiger partial charge in [0.1, 0.15) is 0 Å². The van der Waals surface area contributed by atoms with Crippen molar-refractivity contribution in [2.24, 2.45) is 0 Å². The highest BCUT2D eigenvalue weighted by molar-refractivity contribution is 7.91. The molecule has 128 valence electrons. The van der Waals surface area contributed by atoms with Crippen LogP contribution in [0.4, 0.5) is 11.4 Å². The maximum Gasteiger partial charge on any atom is 0.243 e. The van der Waals surface area contributed by atoms with Crippen LogP contribution in [0.2, 0.25) is 5.02 Å². The van der Waals surface area contributed by atoms with Gasteiger partial charge in [-0.2, -0.15) is 0 Å². The van der Waals surface area contributed by atoms with Gasteiger partial charge >= 0.3 is 0 Å². The molecule has 0 bridgehead atoms. The Bertz CT molecular complexity index is 833. The van der Waals surface area contributed by atoms with Gasteiger partial charge in [-0.25, -0.2) is 8.42 Å². The minimum Gasteiger partial charge on any atom is -0.376 e. The first-order valence-electron chi connectivity index (χ1n) is 7.44. The van der Waals surface area contributed by atoms with Crippen LogP contribution in [0.25, 0.3) is 0 Å². The van der Waals surface area contributed by atoms with Crippen molar-refractivity contribution >= 4 is 38.7 Å². The minimum atomic E-state index is -3.22. The molecule has 5 nitrogen and oxygen atoms in total. The van der Waals surface area contributed by atoms with Crippen molar-refractivity contribution in [2.45, 2.75) is 18.7 Å². The lowest BCUT2D eigenvalue weighted by Gasteiger charge is -2.10. The van der Waals surface area contributed by atoms with Gasteiger partial charge in [-0.15, -0.1) is 0 Å². The number of hydrogen-bond acceptors (Lipinski definition) is 4. The molecule has 0 aromatic heterocycles. The first kappa shape index (κ1) is 18.3. The zero-order valence-electron chi connectivity index (χ0n) is 13.5. The lowest BCUT2D eigenvalue weighted by Crippen LogP contribution is -2.21. The Labute approximate surface area is 147 Å². The van der Waals surface area contributed by atoms with Crippen molar-refractivity contribution in [3.05, 3.63) is 53.1 Å². The van der Waals surface area contributed by atoms with Crippen LogP contribution in [0, 0.1) is 6.92 Å². The Hall–Kier alpha value is -2.05. The third-order valence-corrected chi connectivity index (χ3v) is 5.51. The molecule has 0 aliphatic rings. The van der Waals surface area contributed by atoms with Crippen LogP contribution >= 0.6 is 11.6 Å². The number of benzene rings is 2. The summed E-state index contributed by atoms with van der Waals surface area (Å²) in [6, 6.07) is 11.7. The van der Waals surface area contributed by atoms with E-state index in [0.717, 1.165) is 5.56 Å². The summed E-state index contributed by atoms with van der Waals surface area (Å²) in [6.45, 7) is 3.56. The van der Waals surface area contributed by atoms with Crippen molar-refractivity contribution in [3.63, 3.8) is 0 Å². The van der Waals surface area contributed by atoms with E-state index in [2.05, 4.69) is 10.6 Å². The molecular weight excluding hydrogens is 348 g/mol. The molecule has 0 unspecified atom stereocenters. The molecule has 0 spiro atoms. The molecule has 24 heavy (non-hydrogen) atoms. The Morgan fingerprint density at radius 1 is 1.12 bits per heavy atom. The van der Waals surface area contributed by atoms with E-state index in [1.165, 1.54) is 12.1 Å². The van der Waals surface area contributed by atoms with Crippen molar-refractivity contribution in [1.82, 2.24) is 0 Å². The van der Waals surface area contributed by atoms with Crippen LogP contribution in [-0.4, -0.2) is 26.6 Å². The van der Waals surface area contributed by atoms with Crippen molar-refractivity contribution in [2.75, 3.05) is 22.9 Å². The smallest absolute Gasteiger partial charge is 0.243 e. The number of halogens is 1. The summed E-state index contributed by atoms with van der Waals surface area (Å²) in [5.41, 5.74) is 2.23. The molecule has 0 fully saturated rings. The molecule has 2 rings (SSSR count). The molecule has 2 aromatic rings. The Balaban J connectivity index is 1.94. The van der Waals surface area contributed by atoms with E-state index >= 15 is 0 Å². The Morgan fingerprint density at radius 3 is 2.38 bits per heavy atom. The lowest BCUT2D eigenvalue weighted by atomic mass is 10.2. The third kappa shape index (κ3) is 4.72. The largest absolute Gasteiger partial charge is 0.376 e. The molecule has 7 heteroatoms. The van der Waals surface area contributed by atoms with Gasteiger partial charge in [0.15, 0.2) is 9.84 Å². The second-order valence-corrected chi connectivity index (χ2v) is 8.00. The molecule has 0 aliphatic carbocycles. The molecule has 0 radical (unpaired) electrons. The van der Waals surface area contributed by atoms with E-state index in [-0.39, 0.29) is 23.1 Å². The van der Waals surface area contributed by atoms with Gasteiger partial charge < -0.3 is 10.6 Å². The quantitative estimate of drug-likeness (QED) is 0.820. The number of nitrogens with one attached hydrogen (secondary N) is 2. The van der Waals surface area contributed by atoms with E-state index in [1.54, 1.807) is 31.2 Å². The predicted octanol–water partition coefficient (Wildman–Crippen LogP) is 3.49. The van der Waals surface area contributed by atoms with Crippen LogP contribution in [0.1, 0.15) is 12.5 Å². The number of sulfone groups is 1. The molecular formula is C17H19ClN2O3S. The molecule has 2 aromatic carbocycles. The fraction of sp³-hybridized carbons (Fsp3) is 0.235. The number of carbonyl (C=O) groups excluding carboxylic acids is 1. The van der Waals surface area contributed by atoms with Gasteiger partial charge in [-0.1, -0.05) is 24.6 Å². The van der Waals surface area contributed by atoms with E-state index in [4.69, 9.17) is 11.6 Å². The summed E-state index contributed by atoms with van der Waals surface area (Å²) in [5, 5.41) is 6.15. The summed E-state index contributed by atoms with van der Waals surface area (Å²) in [5.74, 6) is -0.189. The van der Waals surface area contributed by atoms with Crippen LogP contribution in [0.5, 0.6) is 0 Å². The average Bonchev–Trinajstić information content (AvgIpc) is 2.56. The summed E-state index contributed by atoms with van der Waals surface area (Å²) >= 11 is 6.07. The lowest BCUT2D eigenvalue weighted by molar-refractivity contribution is -0.114. The maximum atomic E-state index is 12.0. The topological polar surface area (TPSA) is 75.3 Å². The Morgan fingerprint density at radius 2 is 1.79 bits per heavy atom. The zero-order chi connectivity index (χ0) is 17.7. The fourth-order valence-corrected chi connectivity index (χ4v) is 3.21. The minimum absolute atomic E-state index is 0.0457. The highest BCUT2D eigenvalue weighted by Gasteiger charge is 2.11. The highest BCUT2D eigenvalue weighted by atomic mass is 35.5. The molecule has 1 amide bonds. The summed E-state index contributed by atoms with van der Waals surface area (Å²) in [6.07, 6.45) is 0.